The lowest BCUT2D eigenvalue weighted by Crippen LogP contribution is -1.94. The van der Waals surface area contributed by atoms with Gasteiger partial charge in [0.15, 0.2) is 23.0 Å². The van der Waals surface area contributed by atoms with E-state index in [0.717, 1.165) is 32.3 Å². The molecule has 6 nitrogen and oxygen atoms in total. The number of hydrogen-bond acceptors (Lipinski definition) is 5. The number of hydrogen-bond donors (Lipinski definition) is 0. The summed E-state index contributed by atoms with van der Waals surface area (Å²) in [6, 6.07) is 13.3. The second kappa shape index (κ2) is 7.35. The minimum Gasteiger partial charge on any atom is -0.493 e. The maximum Gasteiger partial charge on any atom is 0.205 e. The standard InChI is InChI=1S/C24H18N2O4/c1-26-20-7-15-14(6-13(20)12-25)16-8-21(27-2)23(29-4)10-18(16)19-11-24(30-5)22(28-3)9-17(15)19/h6-11H,2-5H3. The highest BCUT2D eigenvalue weighted by atomic mass is 16.5. The molecule has 0 spiro atoms. The Hall–Kier alpha value is -4.16. The Bertz CT molecular complexity index is 1300. The minimum atomic E-state index is 0.306. The van der Waals surface area contributed by atoms with Crippen molar-refractivity contribution in [1.29, 1.82) is 5.26 Å². The van der Waals surface area contributed by atoms with E-state index in [2.05, 4.69) is 10.9 Å². The van der Waals surface area contributed by atoms with Gasteiger partial charge < -0.3 is 18.9 Å². The van der Waals surface area contributed by atoms with Crippen molar-refractivity contribution in [3.8, 4) is 29.1 Å². The number of methoxy groups -OCH3 is 4. The van der Waals surface area contributed by atoms with Crippen LogP contribution in [0.4, 0.5) is 5.69 Å². The second-order valence-electron chi connectivity index (χ2n) is 6.64. The predicted octanol–water partition coefficient (Wildman–Crippen LogP) is 5.60. The van der Waals surface area contributed by atoms with E-state index in [1.807, 2.05) is 24.3 Å². The van der Waals surface area contributed by atoms with Crippen LogP contribution in [0.1, 0.15) is 5.56 Å². The maximum absolute atomic E-state index is 9.55. The molecule has 4 rings (SSSR count). The van der Waals surface area contributed by atoms with Crippen LogP contribution in [-0.2, 0) is 0 Å². The molecule has 6 heteroatoms. The van der Waals surface area contributed by atoms with Gasteiger partial charge in [0.05, 0.1) is 46.6 Å². The Morgan fingerprint density at radius 1 is 0.633 bits per heavy atom. The fraction of sp³-hybridized carbons (Fsp3) is 0.167. The molecule has 0 aliphatic heterocycles. The molecule has 0 aromatic heterocycles. The smallest absolute Gasteiger partial charge is 0.205 e. The summed E-state index contributed by atoms with van der Waals surface area (Å²) in [4.78, 5) is 3.54. The summed E-state index contributed by atoms with van der Waals surface area (Å²) in [5.41, 5.74) is 0.634. The number of nitrogens with zero attached hydrogens (tertiary/aromatic N) is 2. The molecule has 4 aromatic carbocycles. The molecule has 0 heterocycles. The monoisotopic (exact) mass is 398 g/mol. The Kier molecular flexibility index (Phi) is 4.69. The quantitative estimate of drug-likeness (QED) is 0.331. The average Bonchev–Trinajstić information content (AvgIpc) is 2.81. The Morgan fingerprint density at radius 3 is 1.27 bits per heavy atom. The molecule has 30 heavy (non-hydrogen) atoms. The minimum absolute atomic E-state index is 0.306. The highest BCUT2D eigenvalue weighted by Crippen LogP contribution is 2.45. The lowest BCUT2D eigenvalue weighted by atomic mass is 9.92. The third-order valence-electron chi connectivity index (χ3n) is 5.29. The molecule has 148 valence electrons. The molecule has 0 aliphatic rings. The van der Waals surface area contributed by atoms with Crippen molar-refractivity contribution < 1.29 is 18.9 Å². The second-order valence-corrected chi connectivity index (χ2v) is 6.64. The first-order chi connectivity index (χ1) is 14.6. The molecule has 0 amide bonds. The summed E-state index contributed by atoms with van der Waals surface area (Å²) in [5.74, 6) is 2.36. The van der Waals surface area contributed by atoms with Crippen molar-refractivity contribution in [3.63, 3.8) is 0 Å². The van der Waals surface area contributed by atoms with Crippen LogP contribution in [-0.4, -0.2) is 28.4 Å². The van der Waals surface area contributed by atoms with Crippen LogP contribution in [0.15, 0.2) is 36.4 Å². The van der Waals surface area contributed by atoms with E-state index >= 15 is 0 Å². The molecule has 0 unspecified atom stereocenters. The van der Waals surface area contributed by atoms with E-state index < -0.39 is 0 Å². The van der Waals surface area contributed by atoms with Crippen molar-refractivity contribution in [2.24, 2.45) is 0 Å². The van der Waals surface area contributed by atoms with E-state index in [4.69, 9.17) is 25.5 Å². The number of nitriles is 1. The fourth-order valence-corrected chi connectivity index (χ4v) is 3.87. The number of benzene rings is 4. The Balaban J connectivity index is 2.34. The zero-order valence-corrected chi connectivity index (χ0v) is 17.0. The third-order valence-corrected chi connectivity index (χ3v) is 5.29. The van der Waals surface area contributed by atoms with Gasteiger partial charge >= 0.3 is 0 Å². The Morgan fingerprint density at radius 2 is 0.967 bits per heavy atom. The van der Waals surface area contributed by atoms with Crippen molar-refractivity contribution in [2.45, 2.75) is 0 Å². The summed E-state index contributed by atoms with van der Waals surface area (Å²) in [7, 11) is 6.34. The lowest BCUT2D eigenvalue weighted by molar-refractivity contribution is 0.355. The van der Waals surface area contributed by atoms with Gasteiger partial charge in [0.2, 0.25) is 5.69 Å². The first kappa shape index (κ1) is 19.2. The molecule has 0 saturated heterocycles. The molecule has 0 bridgehead atoms. The summed E-state index contributed by atoms with van der Waals surface area (Å²) in [6.07, 6.45) is 0. The molecule has 0 atom stereocenters. The maximum atomic E-state index is 9.55. The molecule has 0 radical (unpaired) electrons. The summed E-state index contributed by atoms with van der Waals surface area (Å²) < 4.78 is 22.0. The third kappa shape index (κ3) is 2.70. The zero-order valence-electron chi connectivity index (χ0n) is 17.0. The number of rotatable bonds is 4. The molecular formula is C24H18N2O4. The van der Waals surface area contributed by atoms with Crippen molar-refractivity contribution >= 4 is 38.0 Å². The van der Waals surface area contributed by atoms with Gasteiger partial charge in [-0.2, -0.15) is 5.26 Å². The highest BCUT2D eigenvalue weighted by molar-refractivity contribution is 6.27. The van der Waals surface area contributed by atoms with Crippen LogP contribution in [0.3, 0.4) is 0 Å². The number of fused-ring (bicyclic) bond motifs is 6. The van der Waals surface area contributed by atoms with Crippen LogP contribution in [0.2, 0.25) is 0 Å². The van der Waals surface area contributed by atoms with Crippen LogP contribution in [0, 0.1) is 17.9 Å². The van der Waals surface area contributed by atoms with Gasteiger partial charge in [0.1, 0.15) is 0 Å². The number of ether oxygens (including phenoxy) is 4. The highest BCUT2D eigenvalue weighted by Gasteiger charge is 2.18. The average molecular weight is 398 g/mol. The van der Waals surface area contributed by atoms with Crippen molar-refractivity contribution in [1.82, 2.24) is 0 Å². The van der Waals surface area contributed by atoms with Gasteiger partial charge in [0.25, 0.3) is 0 Å². The molecule has 0 fully saturated rings. The molecular weight excluding hydrogens is 380 g/mol. The van der Waals surface area contributed by atoms with E-state index in [-0.39, 0.29) is 0 Å². The van der Waals surface area contributed by atoms with Gasteiger partial charge in [-0.05, 0) is 68.7 Å². The van der Waals surface area contributed by atoms with Crippen LogP contribution in [0.5, 0.6) is 23.0 Å². The molecule has 0 saturated carbocycles. The van der Waals surface area contributed by atoms with Gasteiger partial charge in [-0.15, -0.1) is 0 Å². The van der Waals surface area contributed by atoms with E-state index in [1.54, 1.807) is 40.6 Å². The zero-order chi connectivity index (χ0) is 21.4. The van der Waals surface area contributed by atoms with E-state index in [1.165, 1.54) is 0 Å². The molecule has 0 aliphatic carbocycles. The fourth-order valence-electron chi connectivity index (χ4n) is 3.87. The first-order valence-corrected chi connectivity index (χ1v) is 9.08. The van der Waals surface area contributed by atoms with Gasteiger partial charge in [0, 0.05) is 0 Å². The first-order valence-electron chi connectivity index (χ1n) is 9.08. The predicted molar refractivity (Wildman–Crippen MR) is 116 cm³/mol. The lowest BCUT2D eigenvalue weighted by Gasteiger charge is -2.17. The molecule has 0 N–H and O–H groups in total. The largest absolute Gasteiger partial charge is 0.493 e. The molecule has 4 aromatic rings. The van der Waals surface area contributed by atoms with Crippen LogP contribution < -0.4 is 18.9 Å². The van der Waals surface area contributed by atoms with E-state index in [9.17, 15) is 5.26 Å². The van der Waals surface area contributed by atoms with Crippen molar-refractivity contribution in [2.75, 3.05) is 28.4 Å². The van der Waals surface area contributed by atoms with Gasteiger partial charge in [-0.3, -0.25) is 0 Å². The SMILES string of the molecule is [C-]#[N+]c1cc2c(cc1C#N)c1cc(OC)c(OC)cc1c1cc(OC)c(OC)cc21. The summed E-state index contributed by atoms with van der Waals surface area (Å²) in [5, 5.41) is 14.8. The normalized spacial score (nSPS) is 10.6. The van der Waals surface area contributed by atoms with Crippen LogP contribution in [0.25, 0.3) is 37.2 Å². The summed E-state index contributed by atoms with van der Waals surface area (Å²) >= 11 is 0. The van der Waals surface area contributed by atoms with Gasteiger partial charge in [-0.25, -0.2) is 4.85 Å². The van der Waals surface area contributed by atoms with Crippen LogP contribution >= 0.6 is 0 Å². The van der Waals surface area contributed by atoms with Crippen molar-refractivity contribution in [3.05, 3.63) is 53.4 Å². The Labute approximate surface area is 173 Å². The van der Waals surface area contributed by atoms with Gasteiger partial charge in [-0.1, -0.05) is 0 Å². The summed E-state index contributed by atoms with van der Waals surface area (Å²) in [6.45, 7) is 7.49. The topological polar surface area (TPSA) is 65.1 Å². The van der Waals surface area contributed by atoms with E-state index in [0.29, 0.717) is 34.2 Å².